The van der Waals surface area contributed by atoms with Gasteiger partial charge in [0.15, 0.2) is 0 Å². The average Bonchev–Trinajstić information content (AvgIpc) is 3.03. The van der Waals surface area contributed by atoms with Gasteiger partial charge in [-0.05, 0) is 36.2 Å². The molecule has 1 aromatic heterocycles. The van der Waals surface area contributed by atoms with E-state index in [1.54, 1.807) is 13.2 Å². The van der Waals surface area contributed by atoms with Gasteiger partial charge in [-0.1, -0.05) is 24.3 Å². The number of aliphatic hydroxyl groups is 1. The molecule has 1 saturated heterocycles. The summed E-state index contributed by atoms with van der Waals surface area (Å²) in [6.45, 7) is 0.420. The van der Waals surface area contributed by atoms with Gasteiger partial charge in [0.1, 0.15) is 5.75 Å². The third-order valence-corrected chi connectivity index (χ3v) is 4.63. The minimum atomic E-state index is -0.479. The van der Waals surface area contributed by atoms with Crippen LogP contribution in [0, 0.1) is 0 Å². The Labute approximate surface area is 144 Å². The van der Waals surface area contributed by atoms with Gasteiger partial charge >= 0.3 is 0 Å². The molecule has 0 amide bonds. The van der Waals surface area contributed by atoms with Crippen LogP contribution in [0.3, 0.4) is 0 Å². The van der Waals surface area contributed by atoms with Gasteiger partial charge in [-0.15, -0.1) is 0 Å². The Morgan fingerprint density at radius 3 is 2.92 bits per heavy atom. The number of H-pyrrole nitrogens is 1. The SMILES string of the molecule is COc1cccc([C@@H]2C[C@H](O)CN2c2nc3ccccc3c(=O)[nH]2)c1. The van der Waals surface area contributed by atoms with E-state index in [1.807, 2.05) is 47.4 Å². The molecule has 2 heterocycles. The molecule has 25 heavy (non-hydrogen) atoms. The van der Waals surface area contributed by atoms with Gasteiger partial charge in [-0.25, -0.2) is 4.98 Å². The van der Waals surface area contributed by atoms with Crippen molar-refractivity contribution in [3.63, 3.8) is 0 Å². The van der Waals surface area contributed by atoms with Gasteiger partial charge in [-0.2, -0.15) is 0 Å². The van der Waals surface area contributed by atoms with Crippen LogP contribution in [0.5, 0.6) is 5.75 Å². The van der Waals surface area contributed by atoms with Crippen molar-refractivity contribution in [1.29, 1.82) is 0 Å². The van der Waals surface area contributed by atoms with Gasteiger partial charge in [0.05, 0.1) is 30.2 Å². The minimum Gasteiger partial charge on any atom is -0.497 e. The molecule has 0 radical (unpaired) electrons. The number of aromatic amines is 1. The quantitative estimate of drug-likeness (QED) is 0.766. The molecular formula is C19H19N3O3. The Morgan fingerprint density at radius 1 is 1.24 bits per heavy atom. The number of ether oxygens (including phenoxy) is 1. The fourth-order valence-electron chi connectivity index (χ4n) is 3.42. The topological polar surface area (TPSA) is 78.5 Å². The number of aromatic nitrogens is 2. The number of methoxy groups -OCH3 is 1. The fraction of sp³-hybridized carbons (Fsp3) is 0.263. The Bertz CT molecular complexity index is 969. The number of anilines is 1. The van der Waals surface area contributed by atoms with Crippen LogP contribution in [0.4, 0.5) is 5.95 Å². The number of β-amino-alcohol motifs (C(OH)–C–C–N with tert-alkyl or cyclic N) is 1. The molecule has 0 saturated carbocycles. The largest absolute Gasteiger partial charge is 0.497 e. The highest BCUT2D eigenvalue weighted by molar-refractivity contribution is 5.78. The van der Waals surface area contributed by atoms with Crippen molar-refractivity contribution in [2.75, 3.05) is 18.6 Å². The Morgan fingerprint density at radius 2 is 2.08 bits per heavy atom. The Hall–Kier alpha value is -2.86. The molecule has 2 aromatic carbocycles. The maximum Gasteiger partial charge on any atom is 0.260 e. The van der Waals surface area contributed by atoms with Crippen molar-refractivity contribution in [3.05, 3.63) is 64.4 Å². The van der Waals surface area contributed by atoms with Gasteiger partial charge in [0.2, 0.25) is 5.95 Å². The van der Waals surface area contributed by atoms with Gasteiger partial charge < -0.3 is 14.7 Å². The van der Waals surface area contributed by atoms with Crippen LogP contribution in [0.25, 0.3) is 10.9 Å². The number of nitrogens with one attached hydrogen (secondary N) is 1. The molecule has 0 bridgehead atoms. The number of nitrogens with zero attached hydrogens (tertiary/aromatic N) is 2. The second-order valence-corrected chi connectivity index (χ2v) is 6.24. The number of fused-ring (bicyclic) bond motifs is 1. The molecular weight excluding hydrogens is 318 g/mol. The van der Waals surface area contributed by atoms with Crippen LogP contribution in [0.15, 0.2) is 53.3 Å². The van der Waals surface area contributed by atoms with Crippen LogP contribution in [-0.4, -0.2) is 34.8 Å². The first-order chi connectivity index (χ1) is 12.2. The highest BCUT2D eigenvalue weighted by atomic mass is 16.5. The van der Waals surface area contributed by atoms with Crippen molar-refractivity contribution >= 4 is 16.9 Å². The van der Waals surface area contributed by atoms with Gasteiger partial charge in [0.25, 0.3) is 5.56 Å². The third-order valence-electron chi connectivity index (χ3n) is 4.63. The smallest absolute Gasteiger partial charge is 0.260 e. The number of aliphatic hydroxyl groups excluding tert-OH is 1. The molecule has 128 valence electrons. The first-order valence-corrected chi connectivity index (χ1v) is 8.23. The third kappa shape index (κ3) is 2.85. The molecule has 3 aromatic rings. The highest BCUT2D eigenvalue weighted by Crippen LogP contribution is 2.35. The van der Waals surface area contributed by atoms with Crippen LogP contribution < -0.4 is 15.2 Å². The Balaban J connectivity index is 1.78. The summed E-state index contributed by atoms with van der Waals surface area (Å²) in [5, 5.41) is 10.8. The zero-order chi connectivity index (χ0) is 17.4. The summed E-state index contributed by atoms with van der Waals surface area (Å²) in [4.78, 5) is 21.8. The lowest BCUT2D eigenvalue weighted by Gasteiger charge is -2.25. The van der Waals surface area contributed by atoms with E-state index in [0.29, 0.717) is 29.8 Å². The molecule has 6 heteroatoms. The van der Waals surface area contributed by atoms with Crippen molar-refractivity contribution in [2.45, 2.75) is 18.6 Å². The summed E-state index contributed by atoms with van der Waals surface area (Å²) >= 11 is 0. The van der Waals surface area contributed by atoms with Crippen molar-refractivity contribution in [3.8, 4) is 5.75 Å². The van der Waals surface area contributed by atoms with E-state index in [0.717, 1.165) is 11.3 Å². The van der Waals surface area contributed by atoms with Gasteiger partial charge in [0, 0.05) is 6.54 Å². The second-order valence-electron chi connectivity index (χ2n) is 6.24. The average molecular weight is 337 g/mol. The molecule has 0 aliphatic carbocycles. The van der Waals surface area contributed by atoms with E-state index in [4.69, 9.17) is 4.74 Å². The zero-order valence-electron chi connectivity index (χ0n) is 13.8. The van der Waals surface area contributed by atoms with Crippen LogP contribution >= 0.6 is 0 Å². The highest BCUT2D eigenvalue weighted by Gasteiger charge is 2.34. The summed E-state index contributed by atoms with van der Waals surface area (Å²) in [6.07, 6.45) is 0.0944. The van der Waals surface area contributed by atoms with E-state index in [2.05, 4.69) is 9.97 Å². The lowest BCUT2D eigenvalue weighted by atomic mass is 10.0. The first kappa shape index (κ1) is 15.7. The molecule has 6 nitrogen and oxygen atoms in total. The monoisotopic (exact) mass is 337 g/mol. The van der Waals surface area contributed by atoms with Crippen LogP contribution in [-0.2, 0) is 0 Å². The van der Waals surface area contributed by atoms with Crippen molar-refractivity contribution in [1.82, 2.24) is 9.97 Å². The number of hydrogen-bond donors (Lipinski definition) is 2. The van der Waals surface area contributed by atoms with Crippen molar-refractivity contribution < 1.29 is 9.84 Å². The molecule has 4 rings (SSSR count). The normalized spacial score (nSPS) is 20.2. The van der Waals surface area contributed by atoms with E-state index >= 15 is 0 Å². The van der Waals surface area contributed by atoms with E-state index < -0.39 is 6.10 Å². The molecule has 0 spiro atoms. The molecule has 1 aliphatic rings. The molecule has 2 N–H and O–H groups in total. The maximum atomic E-state index is 12.4. The van der Waals surface area contributed by atoms with Crippen LogP contribution in [0.2, 0.25) is 0 Å². The summed E-state index contributed by atoms with van der Waals surface area (Å²) in [6, 6.07) is 14.9. The summed E-state index contributed by atoms with van der Waals surface area (Å²) in [7, 11) is 1.63. The summed E-state index contributed by atoms with van der Waals surface area (Å²) < 4.78 is 5.30. The molecule has 2 atom stereocenters. The van der Waals surface area contributed by atoms with E-state index in [1.165, 1.54) is 0 Å². The summed E-state index contributed by atoms with van der Waals surface area (Å²) in [5.41, 5.74) is 1.49. The van der Waals surface area contributed by atoms with E-state index in [9.17, 15) is 9.90 Å². The molecule has 1 fully saturated rings. The maximum absolute atomic E-state index is 12.4. The zero-order valence-corrected chi connectivity index (χ0v) is 13.8. The minimum absolute atomic E-state index is 0.0746. The second kappa shape index (κ2) is 6.22. The van der Waals surface area contributed by atoms with Crippen molar-refractivity contribution in [2.24, 2.45) is 0 Å². The number of benzene rings is 2. The first-order valence-electron chi connectivity index (χ1n) is 8.23. The number of para-hydroxylation sites is 1. The fourth-order valence-corrected chi connectivity index (χ4v) is 3.42. The Kier molecular flexibility index (Phi) is 3.89. The number of rotatable bonds is 3. The summed E-state index contributed by atoms with van der Waals surface area (Å²) in [5.74, 6) is 1.24. The lowest BCUT2D eigenvalue weighted by Crippen LogP contribution is -2.28. The molecule has 1 aliphatic heterocycles. The number of hydrogen-bond acceptors (Lipinski definition) is 5. The van der Waals surface area contributed by atoms with Crippen LogP contribution in [0.1, 0.15) is 18.0 Å². The standard InChI is InChI=1S/C19H19N3O3/c1-25-14-6-4-5-12(9-14)17-10-13(23)11-22(17)19-20-16-8-3-2-7-15(16)18(24)21-19/h2-9,13,17,23H,10-11H2,1H3,(H,20,21,24)/t13-,17-/m0/s1. The predicted molar refractivity (Wildman–Crippen MR) is 96.1 cm³/mol. The molecule has 0 unspecified atom stereocenters. The van der Waals surface area contributed by atoms with E-state index in [-0.39, 0.29) is 11.6 Å². The predicted octanol–water partition coefficient (Wildman–Crippen LogP) is 2.24. The van der Waals surface area contributed by atoms with Gasteiger partial charge in [-0.3, -0.25) is 9.78 Å². The lowest BCUT2D eigenvalue weighted by molar-refractivity contribution is 0.194.